The summed E-state index contributed by atoms with van der Waals surface area (Å²) in [6, 6.07) is 1.09. The molecular formula is C9H12N2O6. The maximum atomic E-state index is 11.4. The van der Waals surface area contributed by atoms with Crippen molar-refractivity contribution in [2.45, 2.75) is 24.5 Å². The number of H-pyrrole nitrogens is 1. The second kappa shape index (κ2) is 4.41. The lowest BCUT2D eigenvalue weighted by Crippen LogP contribution is -2.37. The monoisotopic (exact) mass is 244 g/mol. The first-order chi connectivity index (χ1) is 8.04. The van der Waals surface area contributed by atoms with Crippen LogP contribution in [0.2, 0.25) is 0 Å². The number of aromatic nitrogens is 2. The molecule has 8 heteroatoms. The number of aliphatic hydroxyl groups is 3. The van der Waals surface area contributed by atoms with Gasteiger partial charge in [-0.3, -0.25) is 14.3 Å². The van der Waals surface area contributed by atoms with Crippen molar-refractivity contribution in [3.63, 3.8) is 0 Å². The Kier molecular flexibility index (Phi) is 3.11. The highest BCUT2D eigenvalue weighted by molar-refractivity contribution is 4.92. The molecule has 8 nitrogen and oxygen atoms in total. The normalized spacial score (nSPS) is 32.9. The largest absolute Gasteiger partial charge is 0.394 e. The van der Waals surface area contributed by atoms with E-state index in [9.17, 15) is 19.8 Å². The van der Waals surface area contributed by atoms with Gasteiger partial charge >= 0.3 is 5.69 Å². The summed E-state index contributed by atoms with van der Waals surface area (Å²) < 4.78 is 6.08. The van der Waals surface area contributed by atoms with E-state index in [2.05, 4.69) is 0 Å². The summed E-state index contributed by atoms with van der Waals surface area (Å²) in [5.41, 5.74) is -1.33. The van der Waals surface area contributed by atoms with Crippen LogP contribution in [0.5, 0.6) is 0 Å². The molecule has 17 heavy (non-hydrogen) atoms. The number of hydrogen-bond donors (Lipinski definition) is 4. The standard InChI is InChI=1S/C9H12N2O6/c12-3-4-6(14)7(15)8(17-4)11-2-1-5(13)10-9(11)16/h1-2,4,6-8,12,14-15H,3H2,(H,10,13,16)/t4?,6-,7?,8?/m1/s1. The Hall–Kier alpha value is -1.48. The molecule has 2 rings (SSSR count). The maximum Gasteiger partial charge on any atom is 0.330 e. The average Bonchev–Trinajstić information content (AvgIpc) is 2.57. The summed E-state index contributed by atoms with van der Waals surface area (Å²) >= 11 is 0. The number of aromatic amines is 1. The predicted molar refractivity (Wildman–Crippen MR) is 54.3 cm³/mol. The quantitative estimate of drug-likeness (QED) is 0.444. The number of nitrogens with one attached hydrogen (secondary N) is 1. The van der Waals surface area contributed by atoms with Gasteiger partial charge in [-0.25, -0.2) is 4.79 Å². The number of ether oxygens (including phenoxy) is 1. The van der Waals surface area contributed by atoms with E-state index in [1.165, 1.54) is 0 Å². The Bertz CT molecular complexity index is 509. The zero-order valence-corrected chi connectivity index (χ0v) is 8.68. The molecule has 94 valence electrons. The fourth-order valence-electron chi connectivity index (χ4n) is 1.74. The second-order valence-electron chi connectivity index (χ2n) is 3.75. The Morgan fingerprint density at radius 3 is 2.59 bits per heavy atom. The maximum absolute atomic E-state index is 11.4. The molecule has 4 N–H and O–H groups in total. The third kappa shape index (κ3) is 2.03. The van der Waals surface area contributed by atoms with Gasteiger partial charge in [0.25, 0.3) is 5.56 Å². The van der Waals surface area contributed by atoms with Gasteiger partial charge < -0.3 is 20.1 Å². The minimum absolute atomic E-state index is 0.479. The van der Waals surface area contributed by atoms with E-state index >= 15 is 0 Å². The highest BCUT2D eigenvalue weighted by Crippen LogP contribution is 2.27. The Balaban J connectivity index is 2.35. The second-order valence-corrected chi connectivity index (χ2v) is 3.75. The molecule has 0 radical (unpaired) electrons. The SMILES string of the molecule is O=c1ccn(C2OC(CO)[C@@H](O)C2O)c(=O)[nH]1. The minimum atomic E-state index is -1.35. The van der Waals surface area contributed by atoms with E-state index in [4.69, 9.17) is 9.84 Å². The summed E-state index contributed by atoms with van der Waals surface area (Å²) in [6.45, 7) is -0.479. The number of aliphatic hydroxyl groups excluding tert-OH is 3. The molecule has 0 saturated carbocycles. The number of rotatable bonds is 2. The van der Waals surface area contributed by atoms with Crippen molar-refractivity contribution in [1.82, 2.24) is 9.55 Å². The third-order valence-corrected chi connectivity index (χ3v) is 2.64. The van der Waals surface area contributed by atoms with Crippen LogP contribution >= 0.6 is 0 Å². The molecule has 4 atom stereocenters. The highest BCUT2D eigenvalue weighted by atomic mass is 16.6. The van der Waals surface area contributed by atoms with Crippen molar-refractivity contribution < 1.29 is 20.1 Å². The van der Waals surface area contributed by atoms with E-state index in [0.29, 0.717) is 0 Å². The first kappa shape index (κ1) is 12.0. The van der Waals surface area contributed by atoms with Crippen LogP contribution in [0.4, 0.5) is 0 Å². The Labute approximate surface area is 94.7 Å². The molecule has 0 spiro atoms. The van der Waals surface area contributed by atoms with Gasteiger partial charge in [-0.1, -0.05) is 0 Å². The summed E-state index contributed by atoms with van der Waals surface area (Å²) in [5, 5.41) is 28.1. The fraction of sp³-hybridized carbons (Fsp3) is 0.556. The van der Waals surface area contributed by atoms with Crippen molar-refractivity contribution in [1.29, 1.82) is 0 Å². The molecule has 2 heterocycles. The molecule has 1 aromatic heterocycles. The van der Waals surface area contributed by atoms with Gasteiger partial charge in [-0.05, 0) is 0 Å². The van der Waals surface area contributed by atoms with E-state index in [1.54, 1.807) is 0 Å². The summed E-state index contributed by atoms with van der Waals surface area (Å²) in [5.74, 6) is 0. The Morgan fingerprint density at radius 2 is 2.06 bits per heavy atom. The predicted octanol–water partition coefficient (Wildman–Crippen LogP) is -2.85. The average molecular weight is 244 g/mol. The first-order valence-electron chi connectivity index (χ1n) is 4.98. The zero-order valence-electron chi connectivity index (χ0n) is 8.68. The topological polar surface area (TPSA) is 125 Å². The van der Waals surface area contributed by atoms with E-state index in [-0.39, 0.29) is 0 Å². The molecule has 0 amide bonds. The van der Waals surface area contributed by atoms with Crippen LogP contribution in [0.25, 0.3) is 0 Å². The van der Waals surface area contributed by atoms with Crippen molar-refractivity contribution >= 4 is 0 Å². The van der Waals surface area contributed by atoms with Crippen LogP contribution in [0.3, 0.4) is 0 Å². The lowest BCUT2D eigenvalue weighted by molar-refractivity contribution is -0.0550. The molecule has 1 aromatic rings. The fourth-order valence-corrected chi connectivity index (χ4v) is 1.74. The van der Waals surface area contributed by atoms with Crippen LogP contribution in [0.1, 0.15) is 6.23 Å². The van der Waals surface area contributed by atoms with Crippen molar-refractivity contribution in [3.8, 4) is 0 Å². The van der Waals surface area contributed by atoms with Crippen LogP contribution in [-0.4, -0.2) is 49.8 Å². The van der Waals surface area contributed by atoms with Gasteiger partial charge in [0.1, 0.15) is 18.3 Å². The van der Waals surface area contributed by atoms with Gasteiger partial charge in [0.05, 0.1) is 6.61 Å². The van der Waals surface area contributed by atoms with Gasteiger partial charge in [0, 0.05) is 12.3 Å². The first-order valence-corrected chi connectivity index (χ1v) is 4.98. The van der Waals surface area contributed by atoms with Crippen LogP contribution in [0.15, 0.2) is 21.9 Å². The van der Waals surface area contributed by atoms with Gasteiger partial charge in [-0.15, -0.1) is 0 Å². The lowest BCUT2D eigenvalue weighted by Gasteiger charge is -2.16. The highest BCUT2D eigenvalue weighted by Gasteiger charge is 2.43. The number of nitrogens with zero attached hydrogens (tertiary/aromatic N) is 1. The summed E-state index contributed by atoms with van der Waals surface area (Å²) in [7, 11) is 0. The van der Waals surface area contributed by atoms with Gasteiger partial charge in [0.2, 0.25) is 0 Å². The zero-order chi connectivity index (χ0) is 12.6. The molecule has 1 saturated heterocycles. The molecular weight excluding hydrogens is 232 g/mol. The third-order valence-electron chi connectivity index (χ3n) is 2.64. The lowest BCUT2D eigenvalue weighted by atomic mass is 10.1. The van der Waals surface area contributed by atoms with Gasteiger partial charge in [-0.2, -0.15) is 0 Å². The number of hydrogen-bond acceptors (Lipinski definition) is 6. The molecule has 1 aliphatic rings. The van der Waals surface area contributed by atoms with Crippen LogP contribution in [0, 0.1) is 0 Å². The summed E-state index contributed by atoms with van der Waals surface area (Å²) in [6.07, 6.45) is -3.58. The van der Waals surface area contributed by atoms with Crippen molar-refractivity contribution in [2.75, 3.05) is 6.61 Å². The van der Waals surface area contributed by atoms with Crippen molar-refractivity contribution in [3.05, 3.63) is 33.1 Å². The molecule has 0 bridgehead atoms. The van der Waals surface area contributed by atoms with Crippen LogP contribution < -0.4 is 11.2 Å². The molecule has 1 fully saturated rings. The Morgan fingerprint density at radius 1 is 1.35 bits per heavy atom. The molecule has 1 aliphatic heterocycles. The van der Waals surface area contributed by atoms with E-state index < -0.39 is 42.4 Å². The molecule has 3 unspecified atom stereocenters. The van der Waals surface area contributed by atoms with Gasteiger partial charge in [0.15, 0.2) is 6.23 Å². The minimum Gasteiger partial charge on any atom is -0.394 e. The van der Waals surface area contributed by atoms with Crippen LogP contribution in [-0.2, 0) is 4.74 Å². The van der Waals surface area contributed by atoms with Crippen molar-refractivity contribution in [2.24, 2.45) is 0 Å². The molecule has 0 aliphatic carbocycles. The van der Waals surface area contributed by atoms with E-state index in [1.807, 2.05) is 4.98 Å². The smallest absolute Gasteiger partial charge is 0.330 e. The van der Waals surface area contributed by atoms with E-state index in [0.717, 1.165) is 16.8 Å². The summed E-state index contributed by atoms with van der Waals surface area (Å²) in [4.78, 5) is 24.3. The molecule has 0 aromatic carbocycles.